The highest BCUT2D eigenvalue weighted by Crippen LogP contribution is 2.45. The Morgan fingerprint density at radius 1 is 1.04 bits per heavy atom. The van der Waals surface area contributed by atoms with Crippen molar-refractivity contribution in [3.63, 3.8) is 0 Å². The number of thioether (sulfide) groups is 2. The second-order valence-electron chi connectivity index (χ2n) is 6.98. The van der Waals surface area contributed by atoms with Crippen molar-refractivity contribution < 1.29 is 4.79 Å². The zero-order valence-electron chi connectivity index (χ0n) is 14.3. The average Bonchev–Trinajstić information content (AvgIpc) is 3.09. The van der Waals surface area contributed by atoms with Gasteiger partial charge in [0, 0.05) is 22.8 Å². The highest BCUT2D eigenvalue weighted by molar-refractivity contribution is 8.19. The molecule has 1 fully saturated rings. The van der Waals surface area contributed by atoms with Crippen LogP contribution in [0.5, 0.6) is 0 Å². The molecule has 1 N–H and O–H groups in total. The summed E-state index contributed by atoms with van der Waals surface area (Å²) < 4.78 is 0.493. The molecule has 0 atom stereocenters. The quantitative estimate of drug-likeness (QED) is 0.762. The molecule has 0 unspecified atom stereocenters. The van der Waals surface area contributed by atoms with Crippen LogP contribution in [0.4, 0.5) is 5.69 Å². The van der Waals surface area contributed by atoms with E-state index < -0.39 is 0 Å². The molecule has 0 radical (unpaired) electrons. The number of rotatable bonds is 3. The molecule has 0 saturated carbocycles. The maximum Gasteiger partial charge on any atom is 0.255 e. The second kappa shape index (κ2) is 7.24. The van der Waals surface area contributed by atoms with E-state index in [1.165, 1.54) is 22.6 Å². The van der Waals surface area contributed by atoms with E-state index in [0.717, 1.165) is 5.69 Å². The number of nitrogens with one attached hydrogen (secondary N) is 1. The Labute approximate surface area is 152 Å². The first kappa shape index (κ1) is 17.4. The molecule has 1 saturated heterocycles. The van der Waals surface area contributed by atoms with Gasteiger partial charge < -0.3 is 5.32 Å². The number of carbonyl (C=O) groups is 1. The lowest BCUT2D eigenvalue weighted by Crippen LogP contribution is -2.14. The maximum absolute atomic E-state index is 12.5. The zero-order chi connectivity index (χ0) is 17.2. The van der Waals surface area contributed by atoms with Crippen molar-refractivity contribution in [3.8, 4) is 0 Å². The van der Waals surface area contributed by atoms with Gasteiger partial charge in [0.25, 0.3) is 5.91 Å². The highest BCUT2D eigenvalue weighted by atomic mass is 32.2. The highest BCUT2D eigenvalue weighted by Gasteiger charge is 2.19. The van der Waals surface area contributed by atoms with Crippen LogP contribution in [0.15, 0.2) is 48.5 Å². The largest absolute Gasteiger partial charge is 0.322 e. The van der Waals surface area contributed by atoms with E-state index in [4.69, 9.17) is 0 Å². The SMILES string of the molecule is CC(C)(C)c1ccc(C(=O)Nc2cccc(C3SCCS3)c2)cc1. The van der Waals surface area contributed by atoms with Gasteiger partial charge in [0.05, 0.1) is 4.58 Å². The fraction of sp³-hybridized carbons (Fsp3) is 0.350. The van der Waals surface area contributed by atoms with Gasteiger partial charge in [-0.05, 0) is 40.8 Å². The van der Waals surface area contributed by atoms with Crippen molar-refractivity contribution in [3.05, 3.63) is 65.2 Å². The van der Waals surface area contributed by atoms with Crippen LogP contribution in [-0.2, 0) is 5.41 Å². The van der Waals surface area contributed by atoms with Gasteiger partial charge in [0.15, 0.2) is 0 Å². The molecule has 0 bridgehead atoms. The first-order valence-corrected chi connectivity index (χ1v) is 10.3. The van der Waals surface area contributed by atoms with Gasteiger partial charge in [0.1, 0.15) is 0 Å². The van der Waals surface area contributed by atoms with Crippen LogP contribution in [0.3, 0.4) is 0 Å². The molecule has 24 heavy (non-hydrogen) atoms. The van der Waals surface area contributed by atoms with Crippen LogP contribution < -0.4 is 5.32 Å². The average molecular weight is 358 g/mol. The van der Waals surface area contributed by atoms with Crippen molar-refractivity contribution in [2.45, 2.75) is 30.8 Å². The predicted molar refractivity (Wildman–Crippen MR) is 107 cm³/mol. The molecule has 2 nitrogen and oxygen atoms in total. The van der Waals surface area contributed by atoms with Crippen molar-refractivity contribution in [1.82, 2.24) is 0 Å². The standard InChI is InChI=1S/C20H23NOS2/c1-20(2,3)16-9-7-14(8-10-16)18(22)21-17-6-4-5-15(13-17)19-23-11-12-24-19/h4-10,13,19H,11-12H2,1-3H3,(H,21,22). The van der Waals surface area contributed by atoms with Crippen LogP contribution in [0.1, 0.15) is 46.8 Å². The third kappa shape index (κ3) is 4.17. The Kier molecular flexibility index (Phi) is 5.26. The summed E-state index contributed by atoms with van der Waals surface area (Å²) in [4.78, 5) is 12.5. The van der Waals surface area contributed by atoms with Gasteiger partial charge in [0.2, 0.25) is 0 Å². The second-order valence-corrected chi connectivity index (χ2v) is 9.70. The number of amides is 1. The topological polar surface area (TPSA) is 29.1 Å². The summed E-state index contributed by atoms with van der Waals surface area (Å²) >= 11 is 3.95. The first-order valence-electron chi connectivity index (χ1n) is 8.18. The lowest BCUT2D eigenvalue weighted by Gasteiger charge is -2.19. The van der Waals surface area contributed by atoms with Gasteiger partial charge in [-0.15, -0.1) is 23.5 Å². The summed E-state index contributed by atoms with van der Waals surface area (Å²) in [5.41, 5.74) is 4.17. The molecule has 1 aliphatic rings. The van der Waals surface area contributed by atoms with E-state index in [9.17, 15) is 4.79 Å². The monoisotopic (exact) mass is 357 g/mol. The van der Waals surface area contributed by atoms with E-state index in [0.29, 0.717) is 10.1 Å². The number of anilines is 1. The van der Waals surface area contributed by atoms with E-state index in [-0.39, 0.29) is 11.3 Å². The number of carbonyl (C=O) groups excluding carboxylic acids is 1. The zero-order valence-corrected chi connectivity index (χ0v) is 16.0. The molecule has 1 heterocycles. The number of hydrogen-bond donors (Lipinski definition) is 1. The molecule has 0 spiro atoms. The lowest BCUT2D eigenvalue weighted by molar-refractivity contribution is 0.102. The number of benzene rings is 2. The van der Waals surface area contributed by atoms with Crippen molar-refractivity contribution in [2.75, 3.05) is 16.8 Å². The minimum Gasteiger partial charge on any atom is -0.322 e. The van der Waals surface area contributed by atoms with E-state index >= 15 is 0 Å². The van der Waals surface area contributed by atoms with Crippen LogP contribution in [0, 0.1) is 0 Å². The maximum atomic E-state index is 12.5. The van der Waals surface area contributed by atoms with Gasteiger partial charge >= 0.3 is 0 Å². The van der Waals surface area contributed by atoms with Gasteiger partial charge in [-0.1, -0.05) is 45.0 Å². The first-order chi connectivity index (χ1) is 11.4. The fourth-order valence-corrected chi connectivity index (χ4v) is 5.48. The molecule has 1 aliphatic heterocycles. The fourth-order valence-electron chi connectivity index (χ4n) is 2.64. The molecule has 0 aromatic heterocycles. The normalized spacial score (nSPS) is 15.5. The third-order valence-electron chi connectivity index (χ3n) is 4.05. The summed E-state index contributed by atoms with van der Waals surface area (Å²) in [6.07, 6.45) is 0. The van der Waals surface area contributed by atoms with Crippen LogP contribution in [-0.4, -0.2) is 17.4 Å². The summed E-state index contributed by atoms with van der Waals surface area (Å²) in [6, 6.07) is 16.1. The Bertz CT molecular complexity index is 713. The Morgan fingerprint density at radius 3 is 2.33 bits per heavy atom. The Hall–Kier alpha value is -1.39. The minimum absolute atomic E-state index is 0.0562. The lowest BCUT2D eigenvalue weighted by atomic mass is 9.87. The Balaban J connectivity index is 1.71. The van der Waals surface area contributed by atoms with Gasteiger partial charge in [-0.25, -0.2) is 0 Å². The van der Waals surface area contributed by atoms with Crippen LogP contribution >= 0.6 is 23.5 Å². The van der Waals surface area contributed by atoms with E-state index in [2.05, 4.69) is 38.2 Å². The molecule has 2 aromatic rings. The molecular formula is C20H23NOS2. The molecule has 3 rings (SSSR count). The summed E-state index contributed by atoms with van der Waals surface area (Å²) in [7, 11) is 0. The molecular weight excluding hydrogens is 334 g/mol. The summed E-state index contributed by atoms with van der Waals surface area (Å²) in [5.74, 6) is 2.34. The predicted octanol–water partition coefficient (Wildman–Crippen LogP) is 5.72. The van der Waals surface area contributed by atoms with Crippen molar-refractivity contribution >= 4 is 35.1 Å². The van der Waals surface area contributed by atoms with Crippen LogP contribution in [0.2, 0.25) is 0 Å². The van der Waals surface area contributed by atoms with Gasteiger partial charge in [-0.2, -0.15) is 0 Å². The third-order valence-corrected chi connectivity index (χ3v) is 7.16. The Morgan fingerprint density at radius 2 is 1.71 bits per heavy atom. The molecule has 4 heteroatoms. The van der Waals surface area contributed by atoms with Crippen molar-refractivity contribution in [2.24, 2.45) is 0 Å². The van der Waals surface area contributed by atoms with Gasteiger partial charge in [-0.3, -0.25) is 4.79 Å². The molecule has 1 amide bonds. The molecule has 0 aliphatic carbocycles. The number of hydrogen-bond acceptors (Lipinski definition) is 3. The van der Waals surface area contributed by atoms with E-state index in [1.807, 2.05) is 59.9 Å². The minimum atomic E-state index is -0.0562. The van der Waals surface area contributed by atoms with E-state index in [1.54, 1.807) is 0 Å². The summed E-state index contributed by atoms with van der Waals surface area (Å²) in [5, 5.41) is 3.02. The van der Waals surface area contributed by atoms with Crippen molar-refractivity contribution in [1.29, 1.82) is 0 Å². The summed E-state index contributed by atoms with van der Waals surface area (Å²) in [6.45, 7) is 6.52. The smallest absolute Gasteiger partial charge is 0.255 e. The molecule has 2 aromatic carbocycles. The van der Waals surface area contributed by atoms with Crippen LogP contribution in [0.25, 0.3) is 0 Å². The molecule has 126 valence electrons.